The van der Waals surface area contributed by atoms with Crippen molar-refractivity contribution in [3.63, 3.8) is 0 Å². The summed E-state index contributed by atoms with van der Waals surface area (Å²) < 4.78 is 53.1. The van der Waals surface area contributed by atoms with Crippen molar-refractivity contribution in [3.8, 4) is 17.6 Å². The number of anilines is 1. The number of hydrogen-bond donors (Lipinski definition) is 1. The Morgan fingerprint density at radius 2 is 1.79 bits per heavy atom. The predicted molar refractivity (Wildman–Crippen MR) is 126 cm³/mol. The lowest BCUT2D eigenvalue weighted by Crippen LogP contribution is -2.14. The van der Waals surface area contributed by atoms with Gasteiger partial charge in [0.1, 0.15) is 5.82 Å². The van der Waals surface area contributed by atoms with E-state index in [0.29, 0.717) is 29.0 Å². The van der Waals surface area contributed by atoms with Gasteiger partial charge in [0.2, 0.25) is 0 Å². The van der Waals surface area contributed by atoms with Crippen LogP contribution in [0.15, 0.2) is 71.8 Å². The third-order valence-corrected chi connectivity index (χ3v) is 6.65. The highest BCUT2D eigenvalue weighted by Gasteiger charge is 2.17. The van der Waals surface area contributed by atoms with E-state index in [1.54, 1.807) is 32.5 Å². The van der Waals surface area contributed by atoms with Crippen LogP contribution in [0.25, 0.3) is 10.9 Å². The van der Waals surface area contributed by atoms with Crippen LogP contribution in [0, 0.1) is 17.1 Å². The Morgan fingerprint density at radius 1 is 1.03 bits per heavy atom. The average molecular weight is 478 g/mol. The van der Waals surface area contributed by atoms with Crippen LogP contribution in [0.5, 0.6) is 11.5 Å². The molecule has 0 bridgehead atoms. The fourth-order valence-corrected chi connectivity index (χ4v) is 4.70. The van der Waals surface area contributed by atoms with Gasteiger partial charge in [-0.15, -0.1) is 0 Å². The number of fused-ring (bicyclic) bond motifs is 1. The van der Waals surface area contributed by atoms with Crippen molar-refractivity contribution < 1.29 is 22.3 Å². The first-order valence-electron chi connectivity index (χ1n) is 10.2. The fourth-order valence-electron chi connectivity index (χ4n) is 3.59. The molecule has 0 unspecified atom stereocenters. The Kier molecular flexibility index (Phi) is 6.34. The van der Waals surface area contributed by atoms with E-state index in [4.69, 9.17) is 14.7 Å². The lowest BCUT2D eigenvalue weighted by Gasteiger charge is -2.13. The van der Waals surface area contributed by atoms with Crippen LogP contribution in [0.1, 0.15) is 16.7 Å². The molecule has 1 aromatic heterocycles. The number of hydrogen-bond acceptors (Lipinski definition) is 6. The molecule has 0 atom stereocenters. The van der Waals surface area contributed by atoms with Crippen LogP contribution < -0.4 is 14.2 Å². The monoisotopic (exact) mass is 477 g/mol. The minimum absolute atomic E-state index is 0.123. The van der Waals surface area contributed by atoms with E-state index in [9.17, 15) is 12.8 Å². The maximum atomic E-state index is 14.8. The van der Waals surface area contributed by atoms with Crippen LogP contribution in [-0.4, -0.2) is 27.6 Å². The second-order valence-electron chi connectivity index (χ2n) is 7.43. The molecule has 1 N–H and O–H groups in total. The molecule has 0 saturated heterocycles. The Hall–Kier alpha value is -4.16. The summed E-state index contributed by atoms with van der Waals surface area (Å²) in [5.41, 5.74) is 2.26. The number of sulfonamides is 1. The number of nitrogens with zero attached hydrogens (tertiary/aromatic N) is 2. The zero-order valence-corrected chi connectivity index (χ0v) is 19.2. The molecule has 4 aromatic rings. The molecule has 0 spiro atoms. The van der Waals surface area contributed by atoms with Gasteiger partial charge < -0.3 is 9.47 Å². The highest BCUT2D eigenvalue weighted by Crippen LogP contribution is 2.33. The molecule has 4 rings (SSSR count). The molecule has 0 aliphatic rings. The number of methoxy groups -OCH3 is 2. The quantitative estimate of drug-likeness (QED) is 0.416. The van der Waals surface area contributed by atoms with Gasteiger partial charge in [-0.05, 0) is 60.0 Å². The molecule has 0 fully saturated rings. The maximum absolute atomic E-state index is 14.8. The SMILES string of the molecule is COc1cc2nccc(Cc3ccc(NS(=O)(=O)c4cccc(C#N)c4)c(F)c3)c2cc1OC. The fraction of sp³-hybridized carbons (Fsp3) is 0.120. The van der Waals surface area contributed by atoms with Gasteiger partial charge in [-0.3, -0.25) is 9.71 Å². The van der Waals surface area contributed by atoms with Gasteiger partial charge in [-0.2, -0.15) is 5.26 Å². The number of halogens is 1. The average Bonchev–Trinajstić information content (AvgIpc) is 2.85. The minimum atomic E-state index is -4.06. The smallest absolute Gasteiger partial charge is 0.262 e. The number of pyridine rings is 1. The summed E-state index contributed by atoms with van der Waals surface area (Å²) in [4.78, 5) is 4.25. The van der Waals surface area contributed by atoms with Gasteiger partial charge in [-0.1, -0.05) is 12.1 Å². The van der Waals surface area contributed by atoms with Crippen molar-refractivity contribution in [2.45, 2.75) is 11.3 Å². The van der Waals surface area contributed by atoms with Crippen LogP contribution in [0.2, 0.25) is 0 Å². The summed E-state index contributed by atoms with van der Waals surface area (Å²) in [5, 5.41) is 9.83. The summed E-state index contributed by atoms with van der Waals surface area (Å²) in [6.07, 6.45) is 2.06. The first-order chi connectivity index (χ1) is 16.3. The van der Waals surface area contributed by atoms with Crippen molar-refractivity contribution >= 4 is 26.6 Å². The molecule has 1 heterocycles. The summed E-state index contributed by atoms with van der Waals surface area (Å²) in [6, 6.07) is 17.2. The highest BCUT2D eigenvalue weighted by molar-refractivity contribution is 7.92. The lowest BCUT2D eigenvalue weighted by atomic mass is 10.0. The number of nitriles is 1. The second-order valence-corrected chi connectivity index (χ2v) is 9.11. The van der Waals surface area contributed by atoms with Crippen LogP contribution in [0.3, 0.4) is 0 Å². The highest BCUT2D eigenvalue weighted by atomic mass is 32.2. The standard InChI is InChI=1S/C25H20FN3O4S/c1-32-24-13-20-18(8-9-28-23(20)14-25(24)33-2)10-16-6-7-22(21(26)12-16)29-34(30,31)19-5-3-4-17(11-19)15-27/h3-9,11-14,29H,10H2,1-2H3. The van der Waals surface area contributed by atoms with Crippen molar-refractivity contribution in [3.05, 3.63) is 89.4 Å². The van der Waals surface area contributed by atoms with Gasteiger partial charge in [0.15, 0.2) is 11.5 Å². The zero-order valence-electron chi connectivity index (χ0n) is 18.4. The Morgan fingerprint density at radius 3 is 2.50 bits per heavy atom. The number of rotatable bonds is 7. The van der Waals surface area contributed by atoms with Gasteiger partial charge in [0, 0.05) is 17.6 Å². The lowest BCUT2D eigenvalue weighted by molar-refractivity contribution is 0.356. The third-order valence-electron chi connectivity index (χ3n) is 5.28. The Balaban J connectivity index is 1.62. The van der Waals surface area contributed by atoms with E-state index < -0.39 is 15.8 Å². The number of ether oxygens (including phenoxy) is 2. The van der Waals surface area contributed by atoms with Crippen molar-refractivity contribution in [2.24, 2.45) is 0 Å². The summed E-state index contributed by atoms with van der Waals surface area (Å²) in [5.74, 6) is 0.401. The topological polar surface area (TPSA) is 101 Å². The normalized spacial score (nSPS) is 11.1. The van der Waals surface area contributed by atoms with E-state index in [-0.39, 0.29) is 16.1 Å². The van der Waals surface area contributed by atoms with Gasteiger partial charge >= 0.3 is 0 Å². The molecular formula is C25H20FN3O4S. The molecule has 3 aromatic carbocycles. The minimum Gasteiger partial charge on any atom is -0.493 e. The van der Waals surface area contributed by atoms with E-state index >= 15 is 0 Å². The van der Waals surface area contributed by atoms with Crippen molar-refractivity contribution in [2.75, 3.05) is 18.9 Å². The predicted octanol–water partition coefficient (Wildman–Crippen LogP) is 4.65. The van der Waals surface area contributed by atoms with Gasteiger partial charge in [0.25, 0.3) is 10.0 Å². The largest absolute Gasteiger partial charge is 0.493 e. The Bertz CT molecular complexity index is 1530. The molecule has 0 aliphatic carbocycles. The Labute approximate surface area is 196 Å². The van der Waals surface area contributed by atoms with Crippen molar-refractivity contribution in [1.82, 2.24) is 4.98 Å². The molecule has 0 aliphatic heterocycles. The van der Waals surface area contributed by atoms with E-state index in [2.05, 4.69) is 9.71 Å². The van der Waals surface area contributed by atoms with Gasteiger partial charge in [0.05, 0.1) is 42.0 Å². The van der Waals surface area contributed by atoms with Crippen molar-refractivity contribution in [1.29, 1.82) is 5.26 Å². The van der Waals surface area contributed by atoms with E-state index in [1.165, 1.54) is 36.4 Å². The summed E-state index contributed by atoms with van der Waals surface area (Å²) in [7, 11) is -0.963. The number of nitrogens with one attached hydrogen (secondary N) is 1. The third kappa shape index (κ3) is 4.63. The molecule has 0 saturated carbocycles. The summed E-state index contributed by atoms with van der Waals surface area (Å²) in [6.45, 7) is 0. The molecule has 34 heavy (non-hydrogen) atoms. The molecule has 7 nitrogen and oxygen atoms in total. The number of aromatic nitrogens is 1. The molecule has 0 amide bonds. The van der Waals surface area contributed by atoms with Gasteiger partial charge in [-0.25, -0.2) is 12.8 Å². The van der Waals surface area contributed by atoms with Crippen LogP contribution in [-0.2, 0) is 16.4 Å². The van der Waals surface area contributed by atoms with Crippen LogP contribution >= 0.6 is 0 Å². The number of benzene rings is 3. The molecular weight excluding hydrogens is 457 g/mol. The molecule has 0 radical (unpaired) electrons. The molecule has 9 heteroatoms. The summed E-state index contributed by atoms with van der Waals surface area (Å²) >= 11 is 0. The molecule has 172 valence electrons. The second kappa shape index (κ2) is 9.37. The maximum Gasteiger partial charge on any atom is 0.262 e. The van der Waals surface area contributed by atoms with E-state index in [1.807, 2.05) is 18.2 Å². The first-order valence-corrected chi connectivity index (χ1v) is 11.6. The zero-order chi connectivity index (χ0) is 24.3. The first kappa shape index (κ1) is 23.0. The van der Waals surface area contributed by atoms with E-state index in [0.717, 1.165) is 10.9 Å². The van der Waals surface area contributed by atoms with Crippen LogP contribution in [0.4, 0.5) is 10.1 Å².